The SMILES string of the molecule is Cc1nn(-c2ccc(F)cc2)c(C)c1CN1C[C@@H]2CCC[C@@]2(C(=O)O)C1. The Balaban J connectivity index is 1.58. The molecule has 0 spiro atoms. The van der Waals surface area contributed by atoms with E-state index in [2.05, 4.69) is 10.00 Å². The van der Waals surface area contributed by atoms with Crippen LogP contribution in [0.4, 0.5) is 4.39 Å². The molecule has 2 aromatic rings. The first-order chi connectivity index (χ1) is 12.4. The number of benzene rings is 1. The van der Waals surface area contributed by atoms with Gasteiger partial charge in [-0.05, 0) is 56.9 Å². The topological polar surface area (TPSA) is 58.4 Å². The highest BCUT2D eigenvalue weighted by molar-refractivity contribution is 5.76. The predicted molar refractivity (Wildman–Crippen MR) is 95.7 cm³/mol. The minimum Gasteiger partial charge on any atom is -0.481 e. The fraction of sp³-hybridized carbons (Fsp3) is 0.500. The zero-order valence-electron chi connectivity index (χ0n) is 15.2. The summed E-state index contributed by atoms with van der Waals surface area (Å²) in [4.78, 5) is 14.1. The van der Waals surface area contributed by atoms with Gasteiger partial charge >= 0.3 is 5.97 Å². The van der Waals surface area contributed by atoms with Crippen LogP contribution in [0.1, 0.15) is 36.2 Å². The van der Waals surface area contributed by atoms with E-state index < -0.39 is 11.4 Å². The van der Waals surface area contributed by atoms with Gasteiger partial charge in [0.1, 0.15) is 5.82 Å². The van der Waals surface area contributed by atoms with Gasteiger partial charge in [-0.2, -0.15) is 5.10 Å². The first-order valence-electron chi connectivity index (χ1n) is 9.17. The van der Waals surface area contributed by atoms with Crippen LogP contribution in [-0.4, -0.2) is 38.8 Å². The van der Waals surface area contributed by atoms with Gasteiger partial charge in [0.15, 0.2) is 0 Å². The molecule has 2 aliphatic rings. The van der Waals surface area contributed by atoms with Crippen LogP contribution in [0.25, 0.3) is 5.69 Å². The second kappa shape index (κ2) is 6.20. The second-order valence-electron chi connectivity index (χ2n) is 7.76. The third kappa shape index (κ3) is 2.63. The Hall–Kier alpha value is -2.21. The van der Waals surface area contributed by atoms with E-state index in [4.69, 9.17) is 0 Å². The number of carboxylic acid groups (broad SMARTS) is 1. The number of nitrogens with zero attached hydrogens (tertiary/aromatic N) is 3. The molecule has 1 N–H and O–H groups in total. The van der Waals surface area contributed by atoms with Crippen LogP contribution in [0.15, 0.2) is 24.3 Å². The highest BCUT2D eigenvalue weighted by Crippen LogP contribution is 2.49. The van der Waals surface area contributed by atoms with E-state index in [1.807, 2.05) is 18.5 Å². The van der Waals surface area contributed by atoms with Crippen molar-refractivity contribution >= 4 is 5.97 Å². The van der Waals surface area contributed by atoms with E-state index in [9.17, 15) is 14.3 Å². The highest BCUT2D eigenvalue weighted by atomic mass is 19.1. The number of aliphatic carboxylic acids is 1. The number of hydrogen-bond acceptors (Lipinski definition) is 3. The molecule has 1 aliphatic heterocycles. The molecule has 1 aliphatic carbocycles. The first kappa shape index (κ1) is 17.2. The second-order valence-corrected chi connectivity index (χ2v) is 7.76. The van der Waals surface area contributed by atoms with Crippen LogP contribution >= 0.6 is 0 Å². The summed E-state index contributed by atoms with van der Waals surface area (Å²) in [5.74, 6) is -0.649. The lowest BCUT2D eigenvalue weighted by atomic mass is 9.81. The molecule has 4 rings (SSSR count). The molecular formula is C20H24FN3O2. The van der Waals surface area contributed by atoms with Gasteiger partial charge in [0.05, 0.1) is 16.8 Å². The Morgan fingerprint density at radius 2 is 2.08 bits per heavy atom. The number of hydrogen-bond donors (Lipinski definition) is 1. The van der Waals surface area contributed by atoms with Crippen LogP contribution in [0, 0.1) is 31.0 Å². The summed E-state index contributed by atoms with van der Waals surface area (Å²) in [6, 6.07) is 6.31. The number of carboxylic acids is 1. The Labute approximate surface area is 152 Å². The molecule has 2 atom stereocenters. The lowest BCUT2D eigenvalue weighted by Crippen LogP contribution is -2.35. The molecule has 1 aromatic heterocycles. The lowest BCUT2D eigenvalue weighted by molar-refractivity contribution is -0.149. The van der Waals surface area contributed by atoms with E-state index in [-0.39, 0.29) is 11.7 Å². The third-order valence-corrected chi connectivity index (χ3v) is 6.26. The summed E-state index contributed by atoms with van der Waals surface area (Å²) in [7, 11) is 0. The van der Waals surface area contributed by atoms with Crippen molar-refractivity contribution in [3.8, 4) is 5.69 Å². The van der Waals surface area contributed by atoms with E-state index in [0.29, 0.717) is 13.1 Å². The monoisotopic (exact) mass is 357 g/mol. The summed E-state index contributed by atoms with van der Waals surface area (Å²) in [5.41, 5.74) is 3.37. The van der Waals surface area contributed by atoms with Gasteiger partial charge < -0.3 is 5.11 Å². The maximum absolute atomic E-state index is 13.2. The van der Waals surface area contributed by atoms with Crippen LogP contribution < -0.4 is 0 Å². The number of halogens is 1. The predicted octanol–water partition coefficient (Wildman–Crippen LogP) is 3.31. The molecule has 2 fully saturated rings. The average molecular weight is 357 g/mol. The van der Waals surface area contributed by atoms with Crippen LogP contribution in [0.5, 0.6) is 0 Å². The molecule has 1 aromatic carbocycles. The summed E-state index contributed by atoms with van der Waals surface area (Å²) in [5, 5.41) is 14.4. The molecule has 5 nitrogen and oxygen atoms in total. The molecule has 0 radical (unpaired) electrons. The summed E-state index contributed by atoms with van der Waals surface area (Å²) in [6.45, 7) is 6.17. The fourth-order valence-electron chi connectivity index (χ4n) is 4.82. The van der Waals surface area contributed by atoms with Gasteiger partial charge in [-0.1, -0.05) is 6.42 Å². The maximum atomic E-state index is 13.2. The van der Waals surface area contributed by atoms with Crippen molar-refractivity contribution in [2.45, 2.75) is 39.7 Å². The van der Waals surface area contributed by atoms with Crippen molar-refractivity contribution in [2.24, 2.45) is 11.3 Å². The maximum Gasteiger partial charge on any atom is 0.311 e. The number of aromatic nitrogens is 2. The number of likely N-dealkylation sites (tertiary alicyclic amines) is 1. The zero-order valence-corrected chi connectivity index (χ0v) is 15.2. The summed E-state index contributed by atoms with van der Waals surface area (Å²) < 4.78 is 15.0. The standard InChI is InChI=1S/C20H24FN3O2/c1-13-18(14(2)24(22-13)17-7-5-16(21)6-8-17)11-23-10-15-4-3-9-20(15,12-23)19(25)26/h5-8,15H,3-4,9-12H2,1-2H3,(H,25,26)/t15-,20+/m0/s1. The molecule has 1 saturated heterocycles. The molecule has 0 amide bonds. The number of fused-ring (bicyclic) bond motifs is 1. The van der Waals surface area contributed by atoms with Crippen LogP contribution in [-0.2, 0) is 11.3 Å². The van der Waals surface area contributed by atoms with E-state index in [1.54, 1.807) is 12.1 Å². The quantitative estimate of drug-likeness (QED) is 0.912. The third-order valence-electron chi connectivity index (χ3n) is 6.26. The smallest absolute Gasteiger partial charge is 0.311 e. The molecular weight excluding hydrogens is 333 g/mol. The van der Waals surface area contributed by atoms with Crippen molar-refractivity contribution in [1.29, 1.82) is 0 Å². The zero-order chi connectivity index (χ0) is 18.5. The van der Waals surface area contributed by atoms with Gasteiger partial charge in [0.25, 0.3) is 0 Å². The Morgan fingerprint density at radius 3 is 2.73 bits per heavy atom. The molecule has 6 heteroatoms. The largest absolute Gasteiger partial charge is 0.481 e. The van der Waals surface area contributed by atoms with Crippen molar-refractivity contribution in [1.82, 2.24) is 14.7 Å². The molecule has 138 valence electrons. The van der Waals surface area contributed by atoms with Crippen molar-refractivity contribution in [3.05, 3.63) is 47.0 Å². The molecule has 2 heterocycles. The van der Waals surface area contributed by atoms with Crippen molar-refractivity contribution < 1.29 is 14.3 Å². The van der Waals surface area contributed by atoms with E-state index in [0.717, 1.165) is 48.4 Å². The van der Waals surface area contributed by atoms with Crippen molar-refractivity contribution in [3.63, 3.8) is 0 Å². The summed E-state index contributed by atoms with van der Waals surface area (Å²) in [6.07, 6.45) is 2.82. The first-order valence-corrected chi connectivity index (χ1v) is 9.17. The fourth-order valence-corrected chi connectivity index (χ4v) is 4.82. The summed E-state index contributed by atoms with van der Waals surface area (Å²) >= 11 is 0. The Bertz CT molecular complexity index is 845. The van der Waals surface area contributed by atoms with Gasteiger partial charge in [-0.15, -0.1) is 0 Å². The van der Waals surface area contributed by atoms with E-state index >= 15 is 0 Å². The van der Waals surface area contributed by atoms with Crippen molar-refractivity contribution in [2.75, 3.05) is 13.1 Å². The number of rotatable bonds is 4. The van der Waals surface area contributed by atoms with Gasteiger partial charge in [-0.25, -0.2) is 9.07 Å². The Morgan fingerprint density at radius 1 is 1.35 bits per heavy atom. The van der Waals surface area contributed by atoms with Gasteiger partial charge in [-0.3, -0.25) is 9.69 Å². The Kier molecular flexibility index (Phi) is 4.10. The van der Waals surface area contributed by atoms with E-state index in [1.165, 1.54) is 12.1 Å². The molecule has 0 unspecified atom stereocenters. The number of aryl methyl sites for hydroxylation is 1. The lowest BCUT2D eigenvalue weighted by Gasteiger charge is -2.23. The highest BCUT2D eigenvalue weighted by Gasteiger charge is 2.54. The molecule has 26 heavy (non-hydrogen) atoms. The van der Waals surface area contributed by atoms with Gasteiger partial charge in [0, 0.05) is 30.9 Å². The minimum atomic E-state index is -0.641. The molecule has 0 bridgehead atoms. The minimum absolute atomic E-state index is 0.257. The van der Waals surface area contributed by atoms with Gasteiger partial charge in [0.2, 0.25) is 0 Å². The normalized spacial score (nSPS) is 25.6. The molecule has 1 saturated carbocycles. The van der Waals surface area contributed by atoms with Crippen LogP contribution in [0.2, 0.25) is 0 Å². The van der Waals surface area contributed by atoms with Crippen LogP contribution in [0.3, 0.4) is 0 Å². The number of carbonyl (C=O) groups is 1. The average Bonchev–Trinajstić information content (AvgIpc) is 3.23.